The second-order valence-corrected chi connectivity index (χ2v) is 10.9. The van der Waals surface area contributed by atoms with E-state index in [2.05, 4.69) is 4.98 Å². The smallest absolute Gasteiger partial charge is 0.269 e. The van der Waals surface area contributed by atoms with Gasteiger partial charge in [-0.1, -0.05) is 48.0 Å². The van der Waals surface area contributed by atoms with E-state index in [9.17, 15) is 13.2 Å². The molecule has 0 fully saturated rings. The van der Waals surface area contributed by atoms with E-state index < -0.39 is 10.0 Å². The highest BCUT2D eigenvalue weighted by atomic mass is 32.2. The zero-order valence-electron chi connectivity index (χ0n) is 22.4. The number of aromatic nitrogens is 3. The van der Waals surface area contributed by atoms with Crippen LogP contribution in [0.25, 0.3) is 22.4 Å². The summed E-state index contributed by atoms with van der Waals surface area (Å²) in [7, 11) is 0.516. The van der Waals surface area contributed by atoms with Crippen molar-refractivity contribution in [3.8, 4) is 28.5 Å². The van der Waals surface area contributed by atoms with E-state index in [0.29, 0.717) is 45.1 Å². The van der Waals surface area contributed by atoms with E-state index in [-0.39, 0.29) is 22.7 Å². The molecule has 0 aliphatic rings. The summed E-state index contributed by atoms with van der Waals surface area (Å²) in [6, 6.07) is 18.8. The van der Waals surface area contributed by atoms with E-state index >= 15 is 0 Å². The predicted molar refractivity (Wildman–Crippen MR) is 151 cm³/mol. The molecule has 0 amide bonds. The monoisotopic (exact) mass is 557 g/mol. The van der Waals surface area contributed by atoms with E-state index in [1.807, 2.05) is 13.0 Å². The van der Waals surface area contributed by atoms with Gasteiger partial charge in [0.05, 0.1) is 38.1 Å². The molecule has 0 saturated heterocycles. The van der Waals surface area contributed by atoms with Gasteiger partial charge >= 0.3 is 0 Å². The summed E-state index contributed by atoms with van der Waals surface area (Å²) in [6.07, 6.45) is 2.84. The third-order valence-electron chi connectivity index (χ3n) is 6.52. The molecule has 0 saturated carbocycles. The lowest BCUT2D eigenvalue weighted by atomic mass is 10.0. The van der Waals surface area contributed by atoms with Gasteiger partial charge in [-0.2, -0.15) is 0 Å². The number of carbonyl (C=O) groups excluding carboxylic acids is 1. The van der Waals surface area contributed by atoms with Crippen LogP contribution < -0.4 is 14.2 Å². The number of methoxy groups -OCH3 is 3. The molecule has 2 heterocycles. The Bertz CT molecular complexity index is 1790. The number of aryl methyl sites for hydroxylation is 1. The maximum Gasteiger partial charge on any atom is 0.269 e. The highest BCUT2D eigenvalue weighted by molar-refractivity contribution is 7.90. The molecule has 0 radical (unpaired) electrons. The van der Waals surface area contributed by atoms with Crippen molar-refractivity contribution in [2.75, 3.05) is 21.3 Å². The van der Waals surface area contributed by atoms with Crippen molar-refractivity contribution < 1.29 is 27.4 Å². The number of Topliss-reactive ketones (excluding diaryl/α,β-unsaturated/α-hetero) is 1. The Morgan fingerprint density at radius 3 is 2.15 bits per heavy atom. The van der Waals surface area contributed by atoms with E-state index in [1.54, 1.807) is 60.7 Å². The SMILES string of the molecule is COc1cc(-c2cnc3c(n2)c(CC(=O)c2ccccc2)cn3S(=O)(=O)c2ccc(C)cc2)cc(OC)c1OC. The molecule has 0 unspecified atom stereocenters. The summed E-state index contributed by atoms with van der Waals surface area (Å²) >= 11 is 0. The molecule has 40 heavy (non-hydrogen) atoms. The lowest BCUT2D eigenvalue weighted by Gasteiger charge is -2.14. The van der Waals surface area contributed by atoms with Gasteiger partial charge in [-0.15, -0.1) is 0 Å². The fraction of sp³-hybridized carbons (Fsp3) is 0.167. The largest absolute Gasteiger partial charge is 0.493 e. The average Bonchev–Trinajstić information content (AvgIpc) is 3.35. The first-order valence-corrected chi connectivity index (χ1v) is 13.8. The van der Waals surface area contributed by atoms with Crippen LogP contribution in [0.3, 0.4) is 0 Å². The average molecular weight is 558 g/mol. The number of rotatable bonds is 9. The Hall–Kier alpha value is -4.70. The van der Waals surface area contributed by atoms with E-state index in [0.717, 1.165) is 9.54 Å². The molecule has 0 atom stereocenters. The van der Waals surface area contributed by atoms with Crippen LogP contribution in [0.1, 0.15) is 21.5 Å². The molecule has 3 aromatic carbocycles. The maximum atomic E-state index is 13.7. The summed E-state index contributed by atoms with van der Waals surface area (Å²) in [4.78, 5) is 22.6. The van der Waals surface area contributed by atoms with Crippen LogP contribution in [0.5, 0.6) is 17.2 Å². The first-order valence-electron chi connectivity index (χ1n) is 12.3. The van der Waals surface area contributed by atoms with Crippen LogP contribution in [0, 0.1) is 6.92 Å². The molecule has 0 spiro atoms. The first kappa shape index (κ1) is 26.9. The fourth-order valence-electron chi connectivity index (χ4n) is 4.43. The molecule has 5 aromatic rings. The van der Waals surface area contributed by atoms with Gasteiger partial charge in [0, 0.05) is 29.3 Å². The Morgan fingerprint density at radius 1 is 0.900 bits per heavy atom. The minimum Gasteiger partial charge on any atom is -0.493 e. The van der Waals surface area contributed by atoms with Gasteiger partial charge in [0.15, 0.2) is 22.9 Å². The molecule has 0 aliphatic carbocycles. The molecular weight excluding hydrogens is 530 g/mol. The molecule has 9 nitrogen and oxygen atoms in total. The molecule has 5 rings (SSSR count). The van der Waals surface area contributed by atoms with Gasteiger partial charge in [-0.25, -0.2) is 22.4 Å². The van der Waals surface area contributed by atoms with E-state index in [4.69, 9.17) is 19.2 Å². The van der Waals surface area contributed by atoms with Crippen molar-refractivity contribution in [1.29, 1.82) is 0 Å². The second kappa shape index (κ2) is 10.8. The topological polar surface area (TPSA) is 110 Å². The summed E-state index contributed by atoms with van der Waals surface area (Å²) in [5.74, 6) is 1.11. The highest BCUT2D eigenvalue weighted by Crippen LogP contribution is 2.41. The number of ether oxygens (including phenoxy) is 3. The summed E-state index contributed by atoms with van der Waals surface area (Å²) in [6.45, 7) is 1.88. The molecule has 10 heteroatoms. The summed E-state index contributed by atoms with van der Waals surface area (Å²) < 4.78 is 44.8. The Labute approximate surface area is 232 Å². The lowest BCUT2D eigenvalue weighted by molar-refractivity contribution is 0.0993. The number of fused-ring (bicyclic) bond motifs is 1. The van der Waals surface area contributed by atoms with Crippen molar-refractivity contribution in [1.82, 2.24) is 13.9 Å². The van der Waals surface area contributed by atoms with Gasteiger partial charge in [0.2, 0.25) is 5.75 Å². The Kier molecular flexibility index (Phi) is 7.27. The molecule has 0 N–H and O–H groups in total. The predicted octanol–water partition coefficient (Wildman–Crippen LogP) is 5.09. The van der Waals surface area contributed by atoms with Gasteiger partial charge in [-0.3, -0.25) is 4.79 Å². The number of nitrogens with zero attached hydrogens (tertiary/aromatic N) is 3. The van der Waals surface area contributed by atoms with E-state index in [1.165, 1.54) is 33.7 Å². The van der Waals surface area contributed by atoms with Crippen molar-refractivity contribution >= 4 is 27.0 Å². The Morgan fingerprint density at radius 2 is 1.55 bits per heavy atom. The minimum atomic E-state index is -4.02. The standard InChI is InChI=1S/C30H27N3O6S/c1-19-10-12-23(13-11-19)40(35,36)33-18-22(14-25(34)20-8-6-5-7-9-20)28-30(33)31-17-24(32-28)21-15-26(37-2)29(39-4)27(16-21)38-3/h5-13,15-18H,14H2,1-4H3. The van der Waals surface area contributed by atoms with Crippen molar-refractivity contribution in [3.05, 3.63) is 95.8 Å². The van der Waals surface area contributed by atoms with Crippen molar-refractivity contribution in [2.24, 2.45) is 0 Å². The van der Waals surface area contributed by atoms with Crippen molar-refractivity contribution in [2.45, 2.75) is 18.2 Å². The lowest BCUT2D eigenvalue weighted by Crippen LogP contribution is -2.12. The zero-order valence-corrected chi connectivity index (χ0v) is 23.2. The summed E-state index contributed by atoms with van der Waals surface area (Å²) in [5.41, 5.74) is 3.34. The van der Waals surface area contributed by atoms with Crippen LogP contribution >= 0.6 is 0 Å². The second-order valence-electron chi connectivity index (χ2n) is 9.08. The third-order valence-corrected chi connectivity index (χ3v) is 8.19. The quantitative estimate of drug-likeness (QED) is 0.231. The first-order chi connectivity index (χ1) is 19.3. The Balaban J connectivity index is 1.69. The van der Waals surface area contributed by atoms with Crippen LogP contribution in [0.15, 0.2) is 84.0 Å². The molecule has 0 bridgehead atoms. The maximum absolute atomic E-state index is 13.7. The minimum absolute atomic E-state index is 0.0652. The third kappa shape index (κ3) is 4.89. The molecule has 204 valence electrons. The number of carbonyl (C=O) groups is 1. The van der Waals surface area contributed by atoms with Gasteiger partial charge in [0.1, 0.15) is 5.52 Å². The zero-order chi connectivity index (χ0) is 28.4. The number of hydrogen-bond acceptors (Lipinski definition) is 8. The summed E-state index contributed by atoms with van der Waals surface area (Å²) in [5, 5.41) is 0. The van der Waals surface area contributed by atoms with Crippen LogP contribution in [0.2, 0.25) is 0 Å². The van der Waals surface area contributed by atoms with Gasteiger partial charge in [-0.05, 0) is 31.2 Å². The van der Waals surface area contributed by atoms with Crippen LogP contribution in [-0.2, 0) is 16.4 Å². The van der Waals surface area contributed by atoms with Gasteiger partial charge in [0.25, 0.3) is 10.0 Å². The number of ketones is 1. The van der Waals surface area contributed by atoms with Crippen LogP contribution in [0.4, 0.5) is 0 Å². The number of hydrogen-bond donors (Lipinski definition) is 0. The molecule has 0 aliphatic heterocycles. The fourth-order valence-corrected chi connectivity index (χ4v) is 5.76. The highest BCUT2D eigenvalue weighted by Gasteiger charge is 2.25. The normalized spacial score (nSPS) is 11.4. The molecule has 2 aromatic heterocycles. The van der Waals surface area contributed by atoms with Crippen molar-refractivity contribution in [3.63, 3.8) is 0 Å². The molecular formula is C30H27N3O6S. The van der Waals surface area contributed by atoms with Crippen LogP contribution in [-0.4, -0.2) is 49.5 Å². The number of benzene rings is 3. The van der Waals surface area contributed by atoms with Gasteiger partial charge < -0.3 is 14.2 Å².